The minimum Gasteiger partial charge on any atom is -0.507 e. The van der Waals surface area contributed by atoms with Crippen molar-refractivity contribution >= 4 is 16.9 Å². The molecule has 0 saturated heterocycles. The number of phenols is 1. The lowest BCUT2D eigenvalue weighted by atomic mass is 10.1. The third kappa shape index (κ3) is 1.17. The Morgan fingerprint density at radius 1 is 1.29 bits per heavy atom. The normalized spacial score (nSPS) is 10.3. The van der Waals surface area contributed by atoms with E-state index in [2.05, 4.69) is 4.98 Å². The van der Waals surface area contributed by atoms with E-state index in [0.29, 0.717) is 10.9 Å². The van der Waals surface area contributed by atoms with Gasteiger partial charge in [-0.05, 0) is 18.2 Å². The van der Waals surface area contributed by atoms with Gasteiger partial charge >= 0.3 is 5.97 Å². The van der Waals surface area contributed by atoms with E-state index in [0.717, 1.165) is 0 Å². The molecule has 0 bridgehead atoms. The summed E-state index contributed by atoms with van der Waals surface area (Å²) < 4.78 is 0. The first-order valence-electron chi connectivity index (χ1n) is 4.00. The number of nitrogens with zero attached hydrogens (tertiary/aromatic N) is 1. The van der Waals surface area contributed by atoms with E-state index in [1.54, 1.807) is 24.4 Å². The van der Waals surface area contributed by atoms with Crippen LogP contribution in [0.25, 0.3) is 10.9 Å². The molecule has 0 amide bonds. The molecule has 14 heavy (non-hydrogen) atoms. The summed E-state index contributed by atoms with van der Waals surface area (Å²) in [5, 5.41) is 18.7. The Balaban J connectivity index is 2.90. The van der Waals surface area contributed by atoms with Crippen molar-refractivity contribution < 1.29 is 15.0 Å². The molecule has 0 fully saturated rings. The Hall–Kier alpha value is -2.10. The van der Waals surface area contributed by atoms with Crippen LogP contribution in [0, 0.1) is 0 Å². The van der Waals surface area contributed by atoms with Crippen molar-refractivity contribution in [2.24, 2.45) is 0 Å². The fourth-order valence-corrected chi connectivity index (χ4v) is 1.37. The number of carboxylic acids is 1. The van der Waals surface area contributed by atoms with Gasteiger partial charge < -0.3 is 10.2 Å². The molecule has 0 aliphatic heterocycles. The quantitative estimate of drug-likeness (QED) is 0.715. The highest BCUT2D eigenvalue weighted by molar-refractivity contribution is 6.05. The van der Waals surface area contributed by atoms with Gasteiger partial charge in [0.2, 0.25) is 0 Å². The van der Waals surface area contributed by atoms with E-state index in [-0.39, 0.29) is 11.3 Å². The Morgan fingerprint density at radius 2 is 2.07 bits per heavy atom. The fourth-order valence-electron chi connectivity index (χ4n) is 1.37. The Labute approximate surface area is 79.4 Å². The maximum Gasteiger partial charge on any atom is 0.340 e. The van der Waals surface area contributed by atoms with Crippen LogP contribution in [-0.2, 0) is 0 Å². The van der Waals surface area contributed by atoms with Crippen LogP contribution in [0.3, 0.4) is 0 Å². The van der Waals surface area contributed by atoms with Gasteiger partial charge in [0.05, 0.1) is 5.52 Å². The van der Waals surface area contributed by atoms with Gasteiger partial charge in [0.25, 0.3) is 0 Å². The fraction of sp³-hybridized carbons (Fsp3) is 0. The largest absolute Gasteiger partial charge is 0.507 e. The summed E-state index contributed by atoms with van der Waals surface area (Å²) in [6.45, 7) is 0. The van der Waals surface area contributed by atoms with Crippen LogP contribution in [0.2, 0.25) is 0 Å². The zero-order chi connectivity index (χ0) is 10.1. The Morgan fingerprint density at radius 3 is 2.79 bits per heavy atom. The van der Waals surface area contributed by atoms with Gasteiger partial charge in [-0.3, -0.25) is 4.98 Å². The average Bonchev–Trinajstić information content (AvgIpc) is 2.17. The minimum absolute atomic E-state index is 0.101. The summed E-state index contributed by atoms with van der Waals surface area (Å²) >= 11 is 0. The van der Waals surface area contributed by atoms with Crippen LogP contribution in [-0.4, -0.2) is 21.2 Å². The van der Waals surface area contributed by atoms with Crippen LogP contribution in [0.15, 0.2) is 30.5 Å². The van der Waals surface area contributed by atoms with Crippen molar-refractivity contribution in [1.82, 2.24) is 4.98 Å². The molecule has 0 unspecified atom stereocenters. The second kappa shape index (κ2) is 2.99. The van der Waals surface area contributed by atoms with Crippen LogP contribution in [0.1, 0.15) is 10.4 Å². The SMILES string of the molecule is O=C(O)c1c(O)ccc2ncccc12. The van der Waals surface area contributed by atoms with Crippen molar-refractivity contribution in [2.75, 3.05) is 0 Å². The predicted molar refractivity (Wildman–Crippen MR) is 50.4 cm³/mol. The van der Waals surface area contributed by atoms with Gasteiger partial charge in [-0.25, -0.2) is 4.79 Å². The second-order valence-electron chi connectivity index (χ2n) is 2.83. The molecule has 1 aromatic carbocycles. The third-order valence-corrected chi connectivity index (χ3v) is 1.98. The number of aromatic hydroxyl groups is 1. The first kappa shape index (κ1) is 8.50. The summed E-state index contributed by atoms with van der Waals surface area (Å²) in [5.41, 5.74) is 0.457. The smallest absolute Gasteiger partial charge is 0.340 e. The molecule has 0 radical (unpaired) electrons. The molecule has 0 atom stereocenters. The molecule has 4 nitrogen and oxygen atoms in total. The maximum atomic E-state index is 10.8. The lowest BCUT2D eigenvalue weighted by Gasteiger charge is -2.03. The topological polar surface area (TPSA) is 70.4 Å². The van der Waals surface area contributed by atoms with Gasteiger partial charge in [-0.2, -0.15) is 0 Å². The van der Waals surface area contributed by atoms with E-state index in [1.807, 2.05) is 0 Å². The highest BCUT2D eigenvalue weighted by Crippen LogP contribution is 2.25. The molecule has 2 N–H and O–H groups in total. The van der Waals surface area contributed by atoms with Gasteiger partial charge in [0.1, 0.15) is 11.3 Å². The molecule has 0 saturated carbocycles. The maximum absolute atomic E-state index is 10.8. The van der Waals surface area contributed by atoms with Crippen LogP contribution in [0.4, 0.5) is 0 Å². The molecule has 1 aromatic heterocycles. The molecule has 0 spiro atoms. The zero-order valence-electron chi connectivity index (χ0n) is 7.14. The van der Waals surface area contributed by atoms with E-state index in [1.165, 1.54) is 6.07 Å². The molecular formula is C10H7NO3. The van der Waals surface area contributed by atoms with Gasteiger partial charge in [-0.15, -0.1) is 0 Å². The highest BCUT2D eigenvalue weighted by Gasteiger charge is 2.13. The standard InChI is InChI=1S/C10H7NO3/c12-8-4-3-7-6(2-1-5-11-7)9(8)10(13)14/h1-5,12H,(H,13,14). The molecular weight excluding hydrogens is 182 g/mol. The minimum atomic E-state index is -1.15. The highest BCUT2D eigenvalue weighted by atomic mass is 16.4. The third-order valence-electron chi connectivity index (χ3n) is 1.98. The number of carboxylic acid groups (broad SMARTS) is 1. The number of hydrogen-bond donors (Lipinski definition) is 2. The van der Waals surface area contributed by atoms with Gasteiger partial charge in [0.15, 0.2) is 0 Å². The first-order chi connectivity index (χ1) is 6.70. The monoisotopic (exact) mass is 189 g/mol. The number of benzene rings is 1. The molecule has 70 valence electrons. The molecule has 1 heterocycles. The molecule has 2 aromatic rings. The van der Waals surface area contributed by atoms with Crippen molar-refractivity contribution in [3.05, 3.63) is 36.0 Å². The number of carbonyl (C=O) groups is 1. The number of aromatic nitrogens is 1. The molecule has 0 aliphatic carbocycles. The van der Waals surface area contributed by atoms with Crippen LogP contribution in [0.5, 0.6) is 5.75 Å². The van der Waals surface area contributed by atoms with Gasteiger partial charge in [0, 0.05) is 11.6 Å². The number of pyridine rings is 1. The van der Waals surface area contributed by atoms with Crippen LogP contribution >= 0.6 is 0 Å². The predicted octanol–water partition coefficient (Wildman–Crippen LogP) is 1.64. The average molecular weight is 189 g/mol. The van der Waals surface area contributed by atoms with E-state index >= 15 is 0 Å². The summed E-state index contributed by atoms with van der Waals surface area (Å²) in [6.07, 6.45) is 1.57. The summed E-state index contributed by atoms with van der Waals surface area (Å²) in [5.74, 6) is -1.39. The zero-order valence-corrected chi connectivity index (χ0v) is 7.14. The molecule has 0 aliphatic rings. The summed E-state index contributed by atoms with van der Waals surface area (Å²) in [6, 6.07) is 6.16. The van der Waals surface area contributed by atoms with E-state index < -0.39 is 5.97 Å². The molecule has 4 heteroatoms. The van der Waals surface area contributed by atoms with Crippen molar-refractivity contribution in [2.45, 2.75) is 0 Å². The number of rotatable bonds is 1. The Kier molecular flexibility index (Phi) is 1.81. The van der Waals surface area contributed by atoms with Crippen molar-refractivity contribution in [3.8, 4) is 5.75 Å². The van der Waals surface area contributed by atoms with Crippen molar-refractivity contribution in [3.63, 3.8) is 0 Å². The number of fused-ring (bicyclic) bond motifs is 1. The number of hydrogen-bond acceptors (Lipinski definition) is 3. The number of aromatic carboxylic acids is 1. The van der Waals surface area contributed by atoms with Gasteiger partial charge in [-0.1, -0.05) is 6.07 Å². The lowest BCUT2D eigenvalue weighted by molar-refractivity contribution is 0.0696. The van der Waals surface area contributed by atoms with E-state index in [9.17, 15) is 9.90 Å². The summed E-state index contributed by atoms with van der Waals surface area (Å²) in [4.78, 5) is 14.8. The van der Waals surface area contributed by atoms with Crippen molar-refractivity contribution in [1.29, 1.82) is 0 Å². The second-order valence-corrected chi connectivity index (χ2v) is 2.83. The first-order valence-corrected chi connectivity index (χ1v) is 4.00. The molecule has 2 rings (SSSR count). The Bertz CT molecular complexity index is 508. The van der Waals surface area contributed by atoms with Crippen LogP contribution < -0.4 is 0 Å². The lowest BCUT2D eigenvalue weighted by Crippen LogP contribution is -1.98. The summed E-state index contributed by atoms with van der Waals surface area (Å²) in [7, 11) is 0. The van der Waals surface area contributed by atoms with E-state index in [4.69, 9.17) is 5.11 Å².